The third-order valence-corrected chi connectivity index (χ3v) is 6.06. The van der Waals surface area contributed by atoms with Crippen LogP contribution in [0, 0.1) is 5.41 Å². The van der Waals surface area contributed by atoms with Gasteiger partial charge in [0.15, 0.2) is 10.5 Å². The van der Waals surface area contributed by atoms with Gasteiger partial charge in [-0.3, -0.25) is 4.79 Å². The highest BCUT2D eigenvalue weighted by atomic mass is 79.9. The SMILES string of the molecule is CC1(C)CC(=O)C2=C(C1)Nc1ccc3ccccc3c1[C@@H]2c1ccc(Br)o1. The lowest BCUT2D eigenvalue weighted by atomic mass is 9.69. The Morgan fingerprint density at radius 1 is 1.07 bits per heavy atom. The van der Waals surface area contributed by atoms with Crippen molar-refractivity contribution in [1.29, 1.82) is 0 Å². The Morgan fingerprint density at radius 3 is 2.67 bits per heavy atom. The smallest absolute Gasteiger partial charge is 0.169 e. The molecule has 3 aromatic rings. The van der Waals surface area contributed by atoms with E-state index in [1.165, 1.54) is 5.39 Å². The lowest BCUT2D eigenvalue weighted by Crippen LogP contribution is -2.33. The lowest BCUT2D eigenvalue weighted by molar-refractivity contribution is -0.118. The summed E-state index contributed by atoms with van der Waals surface area (Å²) in [6, 6.07) is 16.5. The van der Waals surface area contributed by atoms with Crippen molar-refractivity contribution in [1.82, 2.24) is 0 Å². The molecule has 5 rings (SSSR count). The van der Waals surface area contributed by atoms with Crippen molar-refractivity contribution in [3.63, 3.8) is 0 Å². The van der Waals surface area contributed by atoms with Gasteiger partial charge in [-0.05, 0) is 62.3 Å². The fourth-order valence-electron chi connectivity index (χ4n) is 4.57. The minimum atomic E-state index is -0.183. The molecule has 1 aromatic heterocycles. The van der Waals surface area contributed by atoms with Gasteiger partial charge < -0.3 is 9.73 Å². The van der Waals surface area contributed by atoms with Crippen molar-refractivity contribution >= 4 is 38.2 Å². The summed E-state index contributed by atoms with van der Waals surface area (Å²) in [6.45, 7) is 4.31. The van der Waals surface area contributed by atoms with E-state index in [4.69, 9.17) is 4.42 Å². The van der Waals surface area contributed by atoms with E-state index in [-0.39, 0.29) is 17.1 Å². The summed E-state index contributed by atoms with van der Waals surface area (Å²) < 4.78 is 6.66. The summed E-state index contributed by atoms with van der Waals surface area (Å²) >= 11 is 3.43. The first kappa shape index (κ1) is 16.8. The zero-order valence-corrected chi connectivity index (χ0v) is 16.9. The fourth-order valence-corrected chi connectivity index (χ4v) is 4.89. The fraction of sp³-hybridized carbons (Fsp3) is 0.261. The number of Topliss-reactive ketones (excluding diaryl/α,β-unsaturated/α-hetero) is 1. The number of hydrogen-bond acceptors (Lipinski definition) is 3. The van der Waals surface area contributed by atoms with Gasteiger partial charge in [0.25, 0.3) is 0 Å². The lowest BCUT2D eigenvalue weighted by Gasteiger charge is -2.39. The van der Waals surface area contributed by atoms with E-state index in [0.29, 0.717) is 11.1 Å². The van der Waals surface area contributed by atoms with Crippen LogP contribution >= 0.6 is 15.9 Å². The van der Waals surface area contributed by atoms with E-state index in [9.17, 15) is 4.79 Å². The normalized spacial score (nSPS) is 21.0. The van der Waals surface area contributed by atoms with Gasteiger partial charge in [-0.2, -0.15) is 0 Å². The minimum Gasteiger partial charge on any atom is -0.453 e. The van der Waals surface area contributed by atoms with E-state index in [2.05, 4.69) is 59.4 Å². The molecule has 2 aromatic carbocycles. The number of benzene rings is 2. The number of rotatable bonds is 1. The molecule has 1 atom stereocenters. The number of carbonyl (C=O) groups is 1. The van der Waals surface area contributed by atoms with Crippen LogP contribution in [0.3, 0.4) is 0 Å². The van der Waals surface area contributed by atoms with Gasteiger partial charge in [0, 0.05) is 23.4 Å². The topological polar surface area (TPSA) is 42.2 Å². The molecule has 136 valence electrons. The molecule has 1 N–H and O–H groups in total. The number of carbonyl (C=O) groups excluding carboxylic acids is 1. The number of furan rings is 1. The van der Waals surface area contributed by atoms with Crippen LogP contribution in [-0.2, 0) is 4.79 Å². The molecule has 0 saturated heterocycles. The summed E-state index contributed by atoms with van der Waals surface area (Å²) in [5, 5.41) is 5.91. The Labute approximate surface area is 166 Å². The Morgan fingerprint density at radius 2 is 1.89 bits per heavy atom. The molecule has 0 unspecified atom stereocenters. The molecule has 2 heterocycles. The first-order chi connectivity index (χ1) is 12.9. The van der Waals surface area contributed by atoms with E-state index < -0.39 is 0 Å². The first-order valence-electron chi connectivity index (χ1n) is 9.23. The van der Waals surface area contributed by atoms with Gasteiger partial charge >= 0.3 is 0 Å². The third kappa shape index (κ3) is 2.66. The third-order valence-electron chi connectivity index (χ3n) is 5.63. The highest BCUT2D eigenvalue weighted by molar-refractivity contribution is 9.10. The van der Waals surface area contributed by atoms with Crippen molar-refractivity contribution in [3.05, 3.63) is 75.8 Å². The number of allylic oxidation sites excluding steroid dienone is 2. The predicted molar refractivity (Wildman–Crippen MR) is 111 cm³/mol. The highest BCUT2D eigenvalue weighted by Gasteiger charge is 2.42. The summed E-state index contributed by atoms with van der Waals surface area (Å²) in [5.74, 6) is 0.837. The number of anilines is 1. The van der Waals surface area contributed by atoms with Crippen LogP contribution in [0.15, 0.2) is 68.9 Å². The molecule has 2 aliphatic rings. The average molecular weight is 422 g/mol. The van der Waals surface area contributed by atoms with E-state index in [1.807, 2.05) is 24.3 Å². The summed E-state index contributed by atoms with van der Waals surface area (Å²) in [7, 11) is 0. The summed E-state index contributed by atoms with van der Waals surface area (Å²) in [4.78, 5) is 13.2. The number of hydrogen-bond donors (Lipinski definition) is 1. The number of fused-ring (bicyclic) bond motifs is 3. The summed E-state index contributed by atoms with van der Waals surface area (Å²) in [5.41, 5.74) is 4.06. The molecule has 1 aliphatic carbocycles. The zero-order chi connectivity index (χ0) is 18.8. The Balaban J connectivity index is 1.82. The molecular weight excluding hydrogens is 402 g/mol. The monoisotopic (exact) mass is 421 g/mol. The molecule has 3 nitrogen and oxygen atoms in total. The largest absolute Gasteiger partial charge is 0.453 e. The van der Waals surface area contributed by atoms with Gasteiger partial charge in [-0.1, -0.05) is 44.2 Å². The number of ketones is 1. The molecule has 0 saturated carbocycles. The highest BCUT2D eigenvalue weighted by Crippen LogP contribution is 2.51. The average Bonchev–Trinajstić information content (AvgIpc) is 3.04. The maximum Gasteiger partial charge on any atom is 0.169 e. The van der Waals surface area contributed by atoms with Gasteiger partial charge in [0.05, 0.1) is 5.92 Å². The van der Waals surface area contributed by atoms with Crippen LogP contribution in [0.5, 0.6) is 0 Å². The van der Waals surface area contributed by atoms with Crippen molar-refractivity contribution in [2.24, 2.45) is 5.41 Å². The molecule has 27 heavy (non-hydrogen) atoms. The Hall–Kier alpha value is -2.33. The predicted octanol–water partition coefficient (Wildman–Crippen LogP) is 6.40. The van der Waals surface area contributed by atoms with Gasteiger partial charge in [0.2, 0.25) is 0 Å². The van der Waals surface area contributed by atoms with Gasteiger partial charge in [-0.25, -0.2) is 0 Å². The standard InChI is InChI=1S/C23H20BrNO2/c1-23(2)11-16-21(17(26)12-23)22(18-9-10-19(24)27-18)20-14-6-4-3-5-13(14)7-8-15(20)25-16/h3-10,22,25H,11-12H2,1-2H3/t22-/m0/s1. The quantitative estimate of drug-likeness (QED) is 0.494. The van der Waals surface area contributed by atoms with Crippen molar-refractivity contribution < 1.29 is 9.21 Å². The minimum absolute atomic E-state index is 0.0361. The maximum atomic E-state index is 13.2. The summed E-state index contributed by atoms with van der Waals surface area (Å²) in [6.07, 6.45) is 1.42. The van der Waals surface area contributed by atoms with Gasteiger partial charge in [-0.15, -0.1) is 0 Å². The maximum absolute atomic E-state index is 13.2. The Kier molecular flexibility index (Phi) is 3.63. The molecule has 4 heteroatoms. The van der Waals surface area contributed by atoms with Crippen molar-refractivity contribution in [2.75, 3.05) is 5.32 Å². The second kappa shape index (κ2) is 5.83. The molecule has 0 fully saturated rings. The molecular formula is C23H20BrNO2. The first-order valence-corrected chi connectivity index (χ1v) is 10.0. The van der Waals surface area contributed by atoms with Crippen molar-refractivity contribution in [2.45, 2.75) is 32.6 Å². The molecule has 0 amide bonds. The number of halogens is 1. The molecule has 1 aliphatic heterocycles. The second-order valence-electron chi connectivity index (χ2n) is 8.28. The van der Waals surface area contributed by atoms with Crippen LogP contribution in [-0.4, -0.2) is 5.78 Å². The van der Waals surface area contributed by atoms with Crippen LogP contribution < -0.4 is 5.32 Å². The van der Waals surface area contributed by atoms with E-state index >= 15 is 0 Å². The van der Waals surface area contributed by atoms with Crippen LogP contribution in [0.4, 0.5) is 5.69 Å². The van der Waals surface area contributed by atoms with Crippen LogP contribution in [0.25, 0.3) is 10.8 Å². The van der Waals surface area contributed by atoms with Crippen molar-refractivity contribution in [3.8, 4) is 0 Å². The van der Waals surface area contributed by atoms with Crippen LogP contribution in [0.1, 0.15) is 43.9 Å². The molecule has 0 spiro atoms. The van der Waals surface area contributed by atoms with E-state index in [0.717, 1.165) is 40.1 Å². The van der Waals surface area contributed by atoms with Crippen LogP contribution in [0.2, 0.25) is 0 Å². The molecule has 0 radical (unpaired) electrons. The molecule has 0 bridgehead atoms. The van der Waals surface area contributed by atoms with Gasteiger partial charge in [0.1, 0.15) is 5.76 Å². The Bertz CT molecular complexity index is 1120. The van der Waals surface area contributed by atoms with E-state index in [1.54, 1.807) is 0 Å². The zero-order valence-electron chi connectivity index (χ0n) is 15.3. The number of nitrogens with one attached hydrogen (secondary N) is 1. The second-order valence-corrected chi connectivity index (χ2v) is 9.06.